The fraction of sp³-hybridized carbons (Fsp3) is 0.818. The van der Waals surface area contributed by atoms with E-state index >= 15 is 0 Å². The van der Waals surface area contributed by atoms with Gasteiger partial charge in [0.05, 0.1) is 17.7 Å². The van der Waals surface area contributed by atoms with Crippen molar-refractivity contribution in [2.45, 2.75) is 52.0 Å². The molecule has 1 aliphatic rings. The molecule has 0 aliphatic heterocycles. The molecule has 0 amide bonds. The molecule has 0 aromatic carbocycles. The van der Waals surface area contributed by atoms with Crippen molar-refractivity contribution in [3.05, 3.63) is 0 Å². The number of nitrogens with one attached hydrogen (secondary N) is 1. The summed E-state index contributed by atoms with van der Waals surface area (Å²) in [7, 11) is 0. The van der Waals surface area contributed by atoms with Crippen molar-refractivity contribution in [2.24, 2.45) is 11.0 Å². The van der Waals surface area contributed by atoms with Gasteiger partial charge in [-0.2, -0.15) is 10.4 Å². The highest BCUT2D eigenvalue weighted by Gasteiger charge is 2.20. The Kier molecular flexibility index (Phi) is 3.51. The van der Waals surface area contributed by atoms with Gasteiger partial charge in [0.1, 0.15) is 0 Å². The van der Waals surface area contributed by atoms with E-state index < -0.39 is 0 Å². The average molecular weight is 193 g/mol. The summed E-state index contributed by atoms with van der Waals surface area (Å²) in [6.45, 7) is 6.21. The zero-order valence-electron chi connectivity index (χ0n) is 9.30. The topological polar surface area (TPSA) is 48.2 Å². The molecule has 1 rings (SSSR count). The number of nitrogens with zero attached hydrogens (tertiary/aromatic N) is 2. The number of nitriles is 1. The van der Waals surface area contributed by atoms with E-state index in [4.69, 9.17) is 5.26 Å². The summed E-state index contributed by atoms with van der Waals surface area (Å²) in [6.07, 6.45) is 4.28. The zero-order valence-corrected chi connectivity index (χ0v) is 9.30. The van der Waals surface area contributed by atoms with Crippen molar-refractivity contribution in [3.8, 4) is 6.07 Å². The Labute approximate surface area is 86.2 Å². The van der Waals surface area contributed by atoms with E-state index in [2.05, 4.69) is 37.4 Å². The molecular formula is C11H19N3. The third-order valence-electron chi connectivity index (χ3n) is 2.27. The van der Waals surface area contributed by atoms with Gasteiger partial charge in [0.15, 0.2) is 0 Å². The lowest BCUT2D eigenvalue weighted by Gasteiger charge is -2.22. The molecule has 1 fully saturated rings. The fourth-order valence-corrected chi connectivity index (χ4v) is 1.51. The van der Waals surface area contributed by atoms with Gasteiger partial charge in [0.25, 0.3) is 0 Å². The van der Waals surface area contributed by atoms with Gasteiger partial charge in [-0.15, -0.1) is 0 Å². The summed E-state index contributed by atoms with van der Waals surface area (Å²) in [5.41, 5.74) is 4.12. The minimum Gasteiger partial charge on any atom is -0.305 e. The van der Waals surface area contributed by atoms with Gasteiger partial charge in [0, 0.05) is 5.54 Å². The Morgan fingerprint density at radius 2 is 2.14 bits per heavy atom. The summed E-state index contributed by atoms with van der Waals surface area (Å²) in [5.74, 6) is 0.0404. The van der Waals surface area contributed by atoms with Gasteiger partial charge < -0.3 is 5.43 Å². The SMILES string of the molecule is CC(C)(C)NN=C1CCCCC1C#N. The van der Waals surface area contributed by atoms with Gasteiger partial charge in [-0.05, 0) is 40.0 Å². The van der Waals surface area contributed by atoms with Crippen molar-refractivity contribution in [1.29, 1.82) is 5.26 Å². The highest BCUT2D eigenvalue weighted by Crippen LogP contribution is 2.21. The van der Waals surface area contributed by atoms with Gasteiger partial charge in [-0.3, -0.25) is 0 Å². The molecule has 0 spiro atoms. The lowest BCUT2D eigenvalue weighted by molar-refractivity contribution is 0.435. The quantitative estimate of drug-likeness (QED) is 0.650. The fourth-order valence-electron chi connectivity index (χ4n) is 1.51. The van der Waals surface area contributed by atoms with E-state index in [1.807, 2.05) is 0 Å². The molecule has 1 unspecified atom stereocenters. The van der Waals surface area contributed by atoms with Crippen LogP contribution < -0.4 is 5.43 Å². The first-order valence-corrected chi connectivity index (χ1v) is 5.26. The maximum absolute atomic E-state index is 8.93. The first-order valence-electron chi connectivity index (χ1n) is 5.26. The molecule has 0 aromatic rings. The first-order chi connectivity index (χ1) is 6.53. The van der Waals surface area contributed by atoms with E-state index in [0.29, 0.717) is 0 Å². The Morgan fingerprint density at radius 1 is 1.43 bits per heavy atom. The van der Waals surface area contributed by atoms with Gasteiger partial charge in [0.2, 0.25) is 0 Å². The minimum atomic E-state index is -0.00947. The molecule has 3 heteroatoms. The van der Waals surface area contributed by atoms with Crippen LogP contribution >= 0.6 is 0 Å². The first kappa shape index (κ1) is 11.0. The summed E-state index contributed by atoms with van der Waals surface area (Å²) in [5, 5.41) is 13.3. The Balaban J connectivity index is 2.60. The van der Waals surface area contributed by atoms with Crippen molar-refractivity contribution in [1.82, 2.24) is 5.43 Å². The lowest BCUT2D eigenvalue weighted by Crippen LogP contribution is -2.33. The summed E-state index contributed by atoms with van der Waals surface area (Å²) >= 11 is 0. The molecule has 1 saturated carbocycles. The zero-order chi connectivity index (χ0) is 10.6. The van der Waals surface area contributed by atoms with Gasteiger partial charge in [-0.1, -0.05) is 6.42 Å². The number of hydrogen-bond donors (Lipinski definition) is 1. The van der Waals surface area contributed by atoms with Crippen LogP contribution in [0, 0.1) is 17.2 Å². The maximum atomic E-state index is 8.93. The van der Waals surface area contributed by atoms with E-state index in [9.17, 15) is 0 Å². The van der Waals surface area contributed by atoms with Crippen molar-refractivity contribution < 1.29 is 0 Å². The minimum absolute atomic E-state index is 0.00947. The van der Waals surface area contributed by atoms with Crippen molar-refractivity contribution in [2.75, 3.05) is 0 Å². The van der Waals surface area contributed by atoms with Crippen molar-refractivity contribution >= 4 is 5.71 Å². The average Bonchev–Trinajstić information content (AvgIpc) is 2.14. The third-order valence-corrected chi connectivity index (χ3v) is 2.27. The van der Waals surface area contributed by atoms with Gasteiger partial charge in [-0.25, -0.2) is 0 Å². The van der Waals surface area contributed by atoms with Crippen LogP contribution in [0.25, 0.3) is 0 Å². The second-order valence-corrected chi connectivity index (χ2v) is 4.89. The highest BCUT2D eigenvalue weighted by molar-refractivity contribution is 5.89. The van der Waals surface area contributed by atoms with E-state index in [-0.39, 0.29) is 11.5 Å². The molecule has 1 atom stereocenters. The molecule has 0 heterocycles. The van der Waals surface area contributed by atoms with Crippen LogP contribution in [0.2, 0.25) is 0 Å². The number of hydrogen-bond acceptors (Lipinski definition) is 3. The normalized spacial score (nSPS) is 25.9. The molecule has 0 bridgehead atoms. The smallest absolute Gasteiger partial charge is 0.0863 e. The van der Waals surface area contributed by atoms with Gasteiger partial charge >= 0.3 is 0 Å². The summed E-state index contributed by atoms with van der Waals surface area (Å²) in [4.78, 5) is 0. The molecule has 14 heavy (non-hydrogen) atoms. The Hall–Kier alpha value is -1.04. The summed E-state index contributed by atoms with van der Waals surface area (Å²) in [6, 6.07) is 2.32. The van der Waals surface area contributed by atoms with E-state index in [0.717, 1.165) is 25.0 Å². The van der Waals surface area contributed by atoms with Crippen LogP contribution in [-0.4, -0.2) is 11.3 Å². The number of rotatable bonds is 1. The maximum Gasteiger partial charge on any atom is 0.0863 e. The Bertz CT molecular complexity index is 255. The molecule has 0 aromatic heterocycles. The number of hydrazone groups is 1. The molecular weight excluding hydrogens is 174 g/mol. The van der Waals surface area contributed by atoms with E-state index in [1.54, 1.807) is 0 Å². The highest BCUT2D eigenvalue weighted by atomic mass is 15.3. The monoisotopic (exact) mass is 193 g/mol. The lowest BCUT2D eigenvalue weighted by atomic mass is 9.88. The standard InChI is InChI=1S/C11H19N3/c1-11(2,3)14-13-10-7-5-4-6-9(10)8-12/h9,14H,4-7H2,1-3H3. The van der Waals surface area contributed by atoms with Crippen molar-refractivity contribution in [3.63, 3.8) is 0 Å². The second kappa shape index (κ2) is 4.45. The Morgan fingerprint density at radius 3 is 2.71 bits per heavy atom. The molecule has 1 aliphatic carbocycles. The van der Waals surface area contributed by atoms with Crippen LogP contribution in [0.15, 0.2) is 5.10 Å². The molecule has 0 radical (unpaired) electrons. The van der Waals surface area contributed by atoms with Crippen LogP contribution in [0.3, 0.4) is 0 Å². The summed E-state index contributed by atoms with van der Waals surface area (Å²) < 4.78 is 0. The molecule has 3 nitrogen and oxygen atoms in total. The van der Waals surface area contributed by atoms with Crippen LogP contribution in [0.4, 0.5) is 0 Å². The molecule has 78 valence electrons. The van der Waals surface area contributed by atoms with Crippen LogP contribution in [0.5, 0.6) is 0 Å². The third kappa shape index (κ3) is 3.37. The molecule has 1 N–H and O–H groups in total. The predicted octanol–water partition coefficient (Wildman–Crippen LogP) is 2.44. The predicted molar refractivity (Wildman–Crippen MR) is 57.9 cm³/mol. The van der Waals surface area contributed by atoms with E-state index in [1.165, 1.54) is 6.42 Å². The largest absolute Gasteiger partial charge is 0.305 e. The van der Waals surface area contributed by atoms with Crippen LogP contribution in [0.1, 0.15) is 46.5 Å². The molecule has 0 saturated heterocycles. The second-order valence-electron chi connectivity index (χ2n) is 4.89. The van der Waals surface area contributed by atoms with Crippen LogP contribution in [-0.2, 0) is 0 Å².